The topological polar surface area (TPSA) is 109 Å². The van der Waals surface area contributed by atoms with Gasteiger partial charge in [-0.15, -0.1) is 0 Å². The molecule has 0 aliphatic heterocycles. The molecule has 11 heteroatoms. The molecule has 510 valence electrons. The molecule has 0 unspecified atom stereocenters. The Balaban J connectivity index is 1.20. The van der Waals surface area contributed by atoms with Gasteiger partial charge in [0, 0.05) is 53.3 Å². The fourth-order valence-electron chi connectivity index (χ4n) is 12.2. The molecule has 0 radical (unpaired) electrons. The van der Waals surface area contributed by atoms with Crippen LogP contribution >= 0.6 is 0 Å². The Kier molecular flexibility index (Phi) is 40.1. The third kappa shape index (κ3) is 30.5. The van der Waals surface area contributed by atoms with Gasteiger partial charge in [-0.2, -0.15) is 0 Å². The number of hydrogen-bond acceptors (Lipinski definition) is 8. The first-order valence-electron chi connectivity index (χ1n) is 37.1. The summed E-state index contributed by atoms with van der Waals surface area (Å²) in [6.07, 6.45) is 52.7. The van der Waals surface area contributed by atoms with Crippen LogP contribution in [-0.2, 0) is 6.42 Å². The highest BCUT2D eigenvalue weighted by atomic mass is 19.1. The van der Waals surface area contributed by atoms with E-state index in [0.717, 1.165) is 79.9 Å². The Bertz CT molecular complexity index is 2600. The van der Waals surface area contributed by atoms with Gasteiger partial charge in [0.05, 0.1) is 43.4 Å². The zero-order chi connectivity index (χ0) is 65.6. The molecule has 92 heavy (non-hydrogen) atoms. The minimum Gasteiger partial charge on any atom is -0.490 e. The monoisotopic (exact) mass is 1270 g/mol. The van der Waals surface area contributed by atoms with Crippen LogP contribution in [0.3, 0.4) is 0 Å². The van der Waals surface area contributed by atoms with E-state index in [1.54, 1.807) is 24.3 Å². The lowest BCUT2D eigenvalue weighted by atomic mass is 10.00. The summed E-state index contributed by atoms with van der Waals surface area (Å²) in [5.41, 5.74) is 4.33. The second-order valence-corrected chi connectivity index (χ2v) is 26.2. The normalized spacial score (nSPS) is 11.3. The largest absolute Gasteiger partial charge is 0.490 e. The molecule has 0 fully saturated rings. The molecule has 2 heterocycles. The highest BCUT2D eigenvalue weighted by Crippen LogP contribution is 2.37. The number of unbranched alkanes of at least 4 members (excludes halogenated alkanes) is 36. The molecule has 2 aromatic heterocycles. The average molecular weight is 1270 g/mol. The maximum absolute atomic E-state index is 15.7. The van der Waals surface area contributed by atoms with Gasteiger partial charge in [0.2, 0.25) is 0 Å². The number of amides is 1. The van der Waals surface area contributed by atoms with Crippen molar-refractivity contribution in [1.29, 1.82) is 0 Å². The molecule has 0 spiro atoms. The van der Waals surface area contributed by atoms with Crippen LogP contribution in [0.4, 0.5) is 14.5 Å². The predicted octanol–water partition coefficient (Wildman–Crippen LogP) is 24.6. The highest BCUT2D eigenvalue weighted by molar-refractivity contribution is 6.04. The van der Waals surface area contributed by atoms with Crippen LogP contribution in [0.15, 0.2) is 73.1 Å². The van der Waals surface area contributed by atoms with Crippen molar-refractivity contribution < 1.29 is 37.3 Å². The van der Waals surface area contributed by atoms with Crippen molar-refractivity contribution in [2.45, 2.75) is 305 Å². The zero-order valence-electron chi connectivity index (χ0n) is 58.3. The second-order valence-electron chi connectivity index (χ2n) is 26.2. The van der Waals surface area contributed by atoms with E-state index in [1.807, 2.05) is 38.1 Å². The first-order valence-corrected chi connectivity index (χ1v) is 37.1. The fraction of sp³-hybridized carbons (Fsp3) is 0.630. The maximum Gasteiger partial charge on any atom is 0.257 e. The zero-order valence-corrected chi connectivity index (χ0v) is 58.3. The lowest BCUT2D eigenvalue weighted by Gasteiger charge is -2.17. The Morgan fingerprint density at radius 2 is 0.717 bits per heavy atom. The minimum absolute atomic E-state index is 0.0426. The van der Waals surface area contributed by atoms with E-state index in [4.69, 9.17) is 18.9 Å². The summed E-state index contributed by atoms with van der Waals surface area (Å²) in [5, 5.41) is 3.02. The minimum atomic E-state index is -0.809. The van der Waals surface area contributed by atoms with Crippen molar-refractivity contribution in [2.75, 3.05) is 31.7 Å². The summed E-state index contributed by atoms with van der Waals surface area (Å²) >= 11 is 0. The average Bonchev–Trinajstić information content (AvgIpc) is 0.857. The Hall–Kier alpha value is -5.84. The van der Waals surface area contributed by atoms with Crippen molar-refractivity contribution in [1.82, 2.24) is 9.97 Å². The van der Waals surface area contributed by atoms with Crippen LogP contribution in [0.5, 0.6) is 23.0 Å². The van der Waals surface area contributed by atoms with Crippen LogP contribution in [0, 0.1) is 25.5 Å². The number of Topliss-reactive ketones (excluding diaryl/α,β-unsaturated/α-hetero) is 1. The molecule has 0 aliphatic rings. The number of nitrogens with one attached hydrogen (secondary N) is 1. The quantitative estimate of drug-likeness (QED) is 0.0303. The first kappa shape index (κ1) is 76.9. The van der Waals surface area contributed by atoms with Gasteiger partial charge in [-0.1, -0.05) is 265 Å². The number of carbonyl (C=O) groups is 2. The number of aryl methyl sites for hydroxylation is 2. The summed E-state index contributed by atoms with van der Waals surface area (Å²) < 4.78 is 57.1. The van der Waals surface area contributed by atoms with E-state index < -0.39 is 17.5 Å². The molecular weight excluding hydrogens is 1150 g/mol. The number of ether oxygens (including phenoxy) is 4. The number of aromatic nitrogens is 2. The second kappa shape index (κ2) is 47.9. The van der Waals surface area contributed by atoms with Gasteiger partial charge in [-0.25, -0.2) is 8.78 Å². The fourth-order valence-corrected chi connectivity index (χ4v) is 12.2. The lowest BCUT2D eigenvalue weighted by molar-refractivity contribution is 0.0990. The van der Waals surface area contributed by atoms with Gasteiger partial charge in [0.1, 0.15) is 11.6 Å². The molecule has 0 atom stereocenters. The summed E-state index contributed by atoms with van der Waals surface area (Å²) in [5.74, 6) is 0.574. The van der Waals surface area contributed by atoms with E-state index in [9.17, 15) is 9.59 Å². The van der Waals surface area contributed by atoms with Gasteiger partial charge in [0.25, 0.3) is 5.91 Å². The van der Waals surface area contributed by atoms with E-state index >= 15 is 8.78 Å². The predicted molar refractivity (Wildman–Crippen MR) is 381 cm³/mol. The molecule has 5 rings (SSSR count). The van der Waals surface area contributed by atoms with Crippen LogP contribution in [0.1, 0.15) is 322 Å². The van der Waals surface area contributed by atoms with Gasteiger partial charge in [-0.3, -0.25) is 19.6 Å². The number of carbonyl (C=O) groups excluding carboxylic acids is 2. The number of pyridine rings is 2. The van der Waals surface area contributed by atoms with E-state index in [2.05, 4.69) is 43.0 Å². The van der Waals surface area contributed by atoms with Gasteiger partial charge in [0.15, 0.2) is 28.8 Å². The van der Waals surface area contributed by atoms with Crippen molar-refractivity contribution in [3.63, 3.8) is 0 Å². The first-order chi connectivity index (χ1) is 45.1. The van der Waals surface area contributed by atoms with Crippen molar-refractivity contribution in [3.05, 3.63) is 113 Å². The molecule has 3 aromatic carbocycles. The number of anilines is 1. The number of benzene rings is 3. The summed E-state index contributed by atoms with van der Waals surface area (Å²) in [4.78, 5) is 36.7. The SMILES string of the molecule is CCCCCCCCCCCCOc1cc(CC(=O)c2ccc(-c3cc(-c4ccc(C(=O)Nc5cc(C)c(OCCCCCCCCCCCC)c(OCCCCCCCCCCCC)c5)cn4)c(F)cc3F)nc2)cc(C)c1OCCCCCCCCCCCC. The van der Waals surface area contributed by atoms with Crippen LogP contribution in [0.2, 0.25) is 0 Å². The molecule has 0 aliphatic carbocycles. The molecule has 0 bridgehead atoms. The summed E-state index contributed by atoms with van der Waals surface area (Å²) in [7, 11) is 0. The van der Waals surface area contributed by atoms with Crippen molar-refractivity contribution in [3.8, 4) is 45.5 Å². The van der Waals surface area contributed by atoms with Gasteiger partial charge >= 0.3 is 0 Å². The molecular formula is C81H121F2N3O6. The smallest absolute Gasteiger partial charge is 0.257 e. The number of hydrogen-bond donors (Lipinski definition) is 1. The van der Waals surface area contributed by atoms with E-state index in [-0.39, 0.29) is 40.3 Å². The Morgan fingerprint density at radius 1 is 0.380 bits per heavy atom. The third-order valence-electron chi connectivity index (χ3n) is 17.9. The van der Waals surface area contributed by atoms with Crippen LogP contribution in [-0.4, -0.2) is 48.1 Å². The molecule has 9 nitrogen and oxygen atoms in total. The number of ketones is 1. The van der Waals surface area contributed by atoms with Crippen LogP contribution < -0.4 is 24.3 Å². The Labute approximate surface area is 556 Å². The summed E-state index contributed by atoms with van der Waals surface area (Å²) in [6, 6.07) is 16.2. The van der Waals surface area contributed by atoms with E-state index in [0.29, 0.717) is 54.9 Å². The van der Waals surface area contributed by atoms with Gasteiger partial charge < -0.3 is 24.3 Å². The molecule has 1 amide bonds. The number of halogens is 2. The van der Waals surface area contributed by atoms with E-state index in [1.165, 1.54) is 224 Å². The maximum atomic E-state index is 15.7. The molecule has 1 N–H and O–H groups in total. The highest BCUT2D eigenvalue weighted by Gasteiger charge is 2.20. The molecule has 0 saturated carbocycles. The Morgan fingerprint density at radius 3 is 1.09 bits per heavy atom. The van der Waals surface area contributed by atoms with Crippen LogP contribution in [0.25, 0.3) is 22.5 Å². The lowest BCUT2D eigenvalue weighted by Crippen LogP contribution is -2.13. The molecule has 0 saturated heterocycles. The van der Waals surface area contributed by atoms with Gasteiger partial charge in [-0.05, 0) is 98.7 Å². The molecule has 5 aromatic rings. The van der Waals surface area contributed by atoms with Crippen molar-refractivity contribution >= 4 is 17.4 Å². The van der Waals surface area contributed by atoms with Crippen molar-refractivity contribution in [2.24, 2.45) is 0 Å². The summed E-state index contributed by atoms with van der Waals surface area (Å²) in [6.45, 7) is 15.4. The number of nitrogens with zero attached hydrogens (tertiary/aromatic N) is 2. The number of rotatable bonds is 55. The standard InChI is InChI=1S/C81H121F2N3O6/c1-7-11-15-19-23-27-31-35-39-43-51-89-77-58-66(55-64(5)79(77)91-53-45-41-37-33-29-25-21-17-13-9-3)57-76(87)67-47-49-74(84-62-67)70-60-71(73(83)61-72(70)82)75-50-48-68(63-85-75)81(88)86-69-56-65(6)80(92-54-46-42-38-34-30-26-22-18-14-10-4)78(59-69)90-52-44-40-36-32-28-24-20-16-12-8-2/h47-50,55-56,58-63H,7-46,51-54,57H2,1-6H3,(H,86,88). The third-order valence-corrected chi connectivity index (χ3v) is 17.9.